The molecule has 0 nitrogen and oxygen atoms in total. The first-order valence-corrected chi connectivity index (χ1v) is 8.30. The van der Waals surface area contributed by atoms with Gasteiger partial charge < -0.3 is 0 Å². The minimum atomic E-state index is 0.501. The van der Waals surface area contributed by atoms with Crippen molar-refractivity contribution in [3.8, 4) is 0 Å². The highest BCUT2D eigenvalue weighted by atomic mass is 14.5. The molecule has 4 atom stereocenters. The maximum Gasteiger partial charge on any atom is -0.0355 e. The summed E-state index contributed by atoms with van der Waals surface area (Å²) in [4.78, 5) is 0. The van der Waals surface area contributed by atoms with Gasteiger partial charge in [0.1, 0.15) is 0 Å². The SMILES string of the molecule is CCCC1C(CC(C)(C)C)CC(C(C)C)C1CC. The molecule has 0 N–H and O–H groups in total. The molecule has 0 bridgehead atoms. The fraction of sp³-hybridized carbons (Fsp3) is 1.00. The Hall–Kier alpha value is 0. The van der Waals surface area contributed by atoms with Crippen molar-refractivity contribution in [2.45, 2.75) is 80.6 Å². The molecule has 0 amide bonds. The third-order valence-corrected chi connectivity index (χ3v) is 5.10. The first kappa shape index (κ1) is 16.1. The van der Waals surface area contributed by atoms with Crippen LogP contribution in [0.3, 0.4) is 0 Å². The van der Waals surface area contributed by atoms with E-state index < -0.39 is 0 Å². The fourth-order valence-electron chi connectivity index (χ4n) is 4.54. The van der Waals surface area contributed by atoms with E-state index in [-0.39, 0.29) is 0 Å². The third-order valence-electron chi connectivity index (χ3n) is 5.10. The summed E-state index contributed by atoms with van der Waals surface area (Å²) in [5.41, 5.74) is 0.501. The molecule has 1 rings (SSSR count). The predicted octanol–water partition coefficient (Wildman–Crippen LogP) is 6.16. The highest BCUT2D eigenvalue weighted by molar-refractivity contribution is 4.92. The van der Waals surface area contributed by atoms with Crippen LogP contribution in [0.5, 0.6) is 0 Å². The molecule has 0 spiro atoms. The van der Waals surface area contributed by atoms with Crippen LogP contribution in [0.2, 0.25) is 0 Å². The van der Waals surface area contributed by atoms with Gasteiger partial charge in [-0.1, -0.05) is 67.7 Å². The molecule has 0 heterocycles. The summed E-state index contributed by atoms with van der Waals surface area (Å²) in [6, 6.07) is 0. The van der Waals surface area contributed by atoms with E-state index in [1.807, 2.05) is 0 Å². The van der Waals surface area contributed by atoms with Crippen molar-refractivity contribution in [3.63, 3.8) is 0 Å². The molecule has 0 saturated heterocycles. The lowest BCUT2D eigenvalue weighted by molar-refractivity contribution is 0.198. The van der Waals surface area contributed by atoms with Crippen molar-refractivity contribution < 1.29 is 0 Å². The van der Waals surface area contributed by atoms with Gasteiger partial charge in [0.2, 0.25) is 0 Å². The summed E-state index contributed by atoms with van der Waals surface area (Å²) in [6.45, 7) is 16.9. The Balaban J connectivity index is 2.82. The van der Waals surface area contributed by atoms with E-state index in [2.05, 4.69) is 48.5 Å². The monoisotopic (exact) mass is 252 g/mol. The Bertz CT molecular complexity index is 233. The first-order chi connectivity index (χ1) is 8.30. The van der Waals surface area contributed by atoms with Crippen LogP contribution in [-0.2, 0) is 0 Å². The van der Waals surface area contributed by atoms with E-state index >= 15 is 0 Å². The Labute approximate surface area is 116 Å². The summed E-state index contributed by atoms with van der Waals surface area (Å²) < 4.78 is 0. The van der Waals surface area contributed by atoms with Gasteiger partial charge in [-0.2, -0.15) is 0 Å². The number of hydrogen-bond acceptors (Lipinski definition) is 0. The Kier molecular flexibility index (Phi) is 5.74. The molecule has 0 aromatic rings. The first-order valence-electron chi connectivity index (χ1n) is 8.30. The van der Waals surface area contributed by atoms with Crippen LogP contribution in [0.1, 0.15) is 80.6 Å². The minimum Gasteiger partial charge on any atom is -0.0654 e. The second kappa shape index (κ2) is 6.44. The normalized spacial score (nSPS) is 33.3. The van der Waals surface area contributed by atoms with E-state index in [9.17, 15) is 0 Å². The van der Waals surface area contributed by atoms with Crippen LogP contribution in [0.4, 0.5) is 0 Å². The molecule has 1 saturated carbocycles. The molecular formula is C18H36. The zero-order chi connectivity index (χ0) is 13.9. The molecule has 4 unspecified atom stereocenters. The van der Waals surface area contributed by atoms with Crippen molar-refractivity contribution in [2.75, 3.05) is 0 Å². The van der Waals surface area contributed by atoms with Crippen molar-refractivity contribution in [3.05, 3.63) is 0 Å². The lowest BCUT2D eigenvalue weighted by Crippen LogP contribution is -2.21. The zero-order valence-corrected chi connectivity index (χ0v) is 13.9. The highest BCUT2D eigenvalue weighted by Gasteiger charge is 2.43. The van der Waals surface area contributed by atoms with Crippen molar-refractivity contribution >= 4 is 0 Å². The molecule has 18 heavy (non-hydrogen) atoms. The Morgan fingerprint density at radius 3 is 2.06 bits per heavy atom. The van der Waals surface area contributed by atoms with Crippen LogP contribution in [0, 0.1) is 35.0 Å². The average Bonchev–Trinajstić information content (AvgIpc) is 2.55. The van der Waals surface area contributed by atoms with Crippen molar-refractivity contribution in [1.29, 1.82) is 0 Å². The standard InChI is InChI=1S/C18H36/c1-8-10-16-14(12-18(5,6)7)11-17(13(3)4)15(16)9-2/h13-17H,8-12H2,1-7H3. The van der Waals surface area contributed by atoms with Crippen LogP contribution >= 0.6 is 0 Å². The van der Waals surface area contributed by atoms with Gasteiger partial charge in [0.05, 0.1) is 0 Å². The maximum absolute atomic E-state index is 2.44. The van der Waals surface area contributed by atoms with E-state index in [0.717, 1.165) is 29.6 Å². The molecular weight excluding hydrogens is 216 g/mol. The Morgan fingerprint density at radius 2 is 1.67 bits per heavy atom. The highest BCUT2D eigenvalue weighted by Crippen LogP contribution is 2.51. The largest absolute Gasteiger partial charge is 0.0654 e. The summed E-state index contributed by atoms with van der Waals surface area (Å²) in [5, 5.41) is 0. The van der Waals surface area contributed by atoms with Gasteiger partial charge >= 0.3 is 0 Å². The van der Waals surface area contributed by atoms with Crippen molar-refractivity contribution in [1.82, 2.24) is 0 Å². The summed E-state index contributed by atoms with van der Waals surface area (Å²) in [5.74, 6) is 4.85. The molecule has 0 aliphatic heterocycles. The van der Waals surface area contributed by atoms with E-state index in [1.165, 1.54) is 32.1 Å². The molecule has 0 aromatic carbocycles. The fourth-order valence-corrected chi connectivity index (χ4v) is 4.54. The van der Waals surface area contributed by atoms with Crippen LogP contribution in [0.15, 0.2) is 0 Å². The quantitative estimate of drug-likeness (QED) is 0.550. The predicted molar refractivity (Wildman–Crippen MR) is 82.7 cm³/mol. The van der Waals surface area contributed by atoms with Gasteiger partial charge in [-0.15, -0.1) is 0 Å². The average molecular weight is 252 g/mol. The maximum atomic E-state index is 2.44. The second-order valence-corrected chi connectivity index (χ2v) is 8.19. The van der Waals surface area contributed by atoms with E-state index in [4.69, 9.17) is 0 Å². The molecule has 108 valence electrons. The third kappa shape index (κ3) is 4.00. The lowest BCUT2D eigenvalue weighted by Gasteiger charge is -2.30. The van der Waals surface area contributed by atoms with Gasteiger partial charge in [0.25, 0.3) is 0 Å². The van der Waals surface area contributed by atoms with Crippen LogP contribution in [0.25, 0.3) is 0 Å². The molecule has 0 radical (unpaired) electrons. The van der Waals surface area contributed by atoms with Gasteiger partial charge in [0, 0.05) is 0 Å². The second-order valence-electron chi connectivity index (χ2n) is 8.19. The zero-order valence-electron chi connectivity index (χ0n) is 13.9. The van der Waals surface area contributed by atoms with E-state index in [1.54, 1.807) is 0 Å². The lowest BCUT2D eigenvalue weighted by atomic mass is 9.75. The van der Waals surface area contributed by atoms with Crippen LogP contribution < -0.4 is 0 Å². The van der Waals surface area contributed by atoms with Crippen molar-refractivity contribution in [2.24, 2.45) is 35.0 Å². The number of rotatable bonds is 5. The summed E-state index contributed by atoms with van der Waals surface area (Å²) >= 11 is 0. The Morgan fingerprint density at radius 1 is 1.06 bits per heavy atom. The number of hydrogen-bond donors (Lipinski definition) is 0. The van der Waals surface area contributed by atoms with Crippen LogP contribution in [-0.4, -0.2) is 0 Å². The molecule has 0 heteroatoms. The molecule has 1 aliphatic rings. The van der Waals surface area contributed by atoms with Gasteiger partial charge in [0.15, 0.2) is 0 Å². The minimum absolute atomic E-state index is 0.501. The molecule has 1 fully saturated rings. The topological polar surface area (TPSA) is 0 Å². The summed E-state index contributed by atoms with van der Waals surface area (Å²) in [7, 11) is 0. The van der Waals surface area contributed by atoms with Gasteiger partial charge in [-0.3, -0.25) is 0 Å². The molecule has 0 aromatic heterocycles. The smallest absolute Gasteiger partial charge is 0.0355 e. The van der Waals surface area contributed by atoms with Gasteiger partial charge in [-0.25, -0.2) is 0 Å². The van der Waals surface area contributed by atoms with Gasteiger partial charge in [-0.05, 0) is 47.8 Å². The summed E-state index contributed by atoms with van der Waals surface area (Å²) in [6.07, 6.45) is 7.15. The molecule has 1 aliphatic carbocycles. The van der Waals surface area contributed by atoms with E-state index in [0.29, 0.717) is 5.41 Å².